The highest BCUT2D eigenvalue weighted by atomic mass is 32.1. The van der Waals surface area contributed by atoms with E-state index in [0.29, 0.717) is 23.0 Å². The van der Waals surface area contributed by atoms with E-state index in [4.69, 9.17) is 19.0 Å². The third kappa shape index (κ3) is 5.49. The molecule has 1 unspecified atom stereocenters. The van der Waals surface area contributed by atoms with Crippen molar-refractivity contribution in [3.63, 3.8) is 0 Å². The van der Waals surface area contributed by atoms with Crippen molar-refractivity contribution in [2.75, 3.05) is 17.2 Å². The highest BCUT2D eigenvalue weighted by molar-refractivity contribution is 7.23. The summed E-state index contributed by atoms with van der Waals surface area (Å²) in [5, 5.41) is 12.5. The third-order valence-corrected chi connectivity index (χ3v) is 7.47. The number of rotatable bonds is 5. The zero-order valence-electron chi connectivity index (χ0n) is 22.2. The fourth-order valence-electron chi connectivity index (χ4n) is 4.36. The van der Waals surface area contributed by atoms with E-state index in [2.05, 4.69) is 21.1 Å². The number of nitrogens with zero attached hydrogens (tertiary/aromatic N) is 3. The molecule has 0 spiro atoms. The average Bonchev–Trinajstić information content (AvgIpc) is 3.69. The number of hydrogen-bond acceptors (Lipinski definition) is 9. The van der Waals surface area contributed by atoms with Gasteiger partial charge in [0.1, 0.15) is 11.5 Å². The van der Waals surface area contributed by atoms with Gasteiger partial charge in [-0.3, -0.25) is 15.0 Å². The van der Waals surface area contributed by atoms with Gasteiger partial charge in [-0.1, -0.05) is 49.4 Å². The van der Waals surface area contributed by atoms with Crippen LogP contribution in [0.3, 0.4) is 0 Å². The van der Waals surface area contributed by atoms with Crippen LogP contribution in [0.15, 0.2) is 59.3 Å². The van der Waals surface area contributed by atoms with Crippen LogP contribution in [0.1, 0.15) is 39.4 Å². The Hall–Kier alpha value is -4.42. The van der Waals surface area contributed by atoms with Gasteiger partial charge in [0.05, 0.1) is 15.9 Å². The molecule has 1 saturated heterocycles. The fraction of sp³-hybridized carbons (Fsp3) is 0.286. The largest absolute Gasteiger partial charge is 0.515 e. The van der Waals surface area contributed by atoms with Crippen LogP contribution in [0, 0.1) is 0 Å². The lowest BCUT2D eigenvalue weighted by molar-refractivity contribution is 0.0521. The summed E-state index contributed by atoms with van der Waals surface area (Å²) in [5.74, 6) is 1.46. The Kier molecular flexibility index (Phi) is 6.64. The molecular weight excluding hydrogens is 532 g/mol. The fourth-order valence-corrected chi connectivity index (χ4v) is 5.40. The van der Waals surface area contributed by atoms with Gasteiger partial charge in [0.2, 0.25) is 0 Å². The van der Waals surface area contributed by atoms with E-state index in [1.807, 2.05) is 67.8 Å². The van der Waals surface area contributed by atoms with E-state index in [-0.39, 0.29) is 11.6 Å². The summed E-state index contributed by atoms with van der Waals surface area (Å²) in [4.78, 5) is 30.1. The first-order valence-corrected chi connectivity index (χ1v) is 13.7. The first-order valence-electron chi connectivity index (χ1n) is 12.9. The number of carbonyl (C=O) groups is 2. The van der Waals surface area contributed by atoms with E-state index in [1.165, 1.54) is 11.3 Å². The molecule has 1 aliphatic heterocycles. The van der Waals surface area contributed by atoms with E-state index in [9.17, 15) is 9.59 Å². The quantitative estimate of drug-likeness (QED) is 0.167. The second-order valence-electron chi connectivity index (χ2n) is 10.5. The van der Waals surface area contributed by atoms with Crippen LogP contribution >= 0.6 is 11.3 Å². The number of ether oxygens (including phenoxy) is 2. The van der Waals surface area contributed by atoms with Gasteiger partial charge in [-0.2, -0.15) is 0 Å². The van der Waals surface area contributed by atoms with Crippen molar-refractivity contribution in [1.82, 2.24) is 19.9 Å². The van der Waals surface area contributed by atoms with Gasteiger partial charge in [-0.05, 0) is 43.7 Å². The Labute approximate surface area is 233 Å². The molecular formula is C28H28N6O5S. The maximum absolute atomic E-state index is 12.4. The summed E-state index contributed by atoms with van der Waals surface area (Å²) in [6.45, 7) is 6.85. The molecule has 3 N–H and O–H groups in total. The van der Waals surface area contributed by atoms with E-state index in [1.54, 1.807) is 12.1 Å². The van der Waals surface area contributed by atoms with Gasteiger partial charge in [-0.15, -0.1) is 0 Å². The molecule has 0 radical (unpaired) electrons. The summed E-state index contributed by atoms with van der Waals surface area (Å²) < 4.78 is 18.9. The molecule has 4 heterocycles. The number of amides is 2. The normalized spacial score (nSPS) is 15.4. The number of urea groups is 1. The summed E-state index contributed by atoms with van der Waals surface area (Å²) in [6, 6.07) is 14.2. The summed E-state index contributed by atoms with van der Waals surface area (Å²) in [6.07, 6.45) is 2.72. The Balaban J connectivity index is 1.10. The van der Waals surface area contributed by atoms with Crippen LogP contribution in [-0.4, -0.2) is 39.5 Å². The minimum atomic E-state index is -0.717. The second kappa shape index (κ2) is 10.3. The third-order valence-electron chi connectivity index (χ3n) is 6.45. The number of fused-ring (bicyclic) bond motifs is 3. The monoisotopic (exact) mass is 560 g/mol. The maximum Gasteiger partial charge on any atom is 0.515 e. The predicted molar refractivity (Wildman–Crippen MR) is 152 cm³/mol. The highest BCUT2D eigenvalue weighted by Crippen LogP contribution is 2.32. The number of benzene rings is 2. The number of anilines is 2. The number of thiazole rings is 1. The Morgan fingerprint density at radius 3 is 2.67 bits per heavy atom. The molecule has 5 aromatic rings. The molecule has 2 amide bonds. The lowest BCUT2D eigenvalue weighted by atomic mass is 9.93. The van der Waals surface area contributed by atoms with Crippen molar-refractivity contribution in [2.45, 2.75) is 45.3 Å². The van der Waals surface area contributed by atoms with Gasteiger partial charge in [0.25, 0.3) is 0 Å². The number of imidazole rings is 1. The first kappa shape index (κ1) is 25.8. The van der Waals surface area contributed by atoms with Crippen molar-refractivity contribution < 1.29 is 23.6 Å². The molecule has 11 nitrogen and oxygen atoms in total. The Bertz CT molecular complexity index is 1690. The lowest BCUT2D eigenvalue weighted by Gasteiger charge is -2.12. The smallest absolute Gasteiger partial charge is 0.415 e. The molecule has 1 atom stereocenters. The Morgan fingerprint density at radius 1 is 1.12 bits per heavy atom. The number of carbonyl (C=O) groups excluding carboxylic acids is 2. The molecule has 0 saturated carbocycles. The molecule has 12 heteroatoms. The average molecular weight is 561 g/mol. The van der Waals surface area contributed by atoms with Crippen LogP contribution in [0.2, 0.25) is 0 Å². The highest BCUT2D eigenvalue weighted by Gasteiger charge is 2.21. The van der Waals surface area contributed by atoms with Gasteiger partial charge >= 0.3 is 12.2 Å². The first-order chi connectivity index (χ1) is 19.2. The van der Waals surface area contributed by atoms with Gasteiger partial charge in [0, 0.05) is 35.0 Å². The summed E-state index contributed by atoms with van der Waals surface area (Å²) in [7, 11) is 0. The van der Waals surface area contributed by atoms with Gasteiger partial charge in [0.15, 0.2) is 17.0 Å². The van der Waals surface area contributed by atoms with Crippen LogP contribution in [0.4, 0.5) is 21.1 Å². The van der Waals surface area contributed by atoms with Crippen LogP contribution in [0.25, 0.3) is 26.4 Å². The lowest BCUT2D eigenvalue weighted by Crippen LogP contribution is -2.28. The molecule has 1 fully saturated rings. The van der Waals surface area contributed by atoms with Crippen molar-refractivity contribution in [2.24, 2.45) is 0 Å². The molecule has 3 aromatic heterocycles. The molecule has 1 aliphatic rings. The molecule has 6 rings (SSSR count). The molecule has 2 aromatic carbocycles. The minimum Gasteiger partial charge on any atom is -0.415 e. The molecule has 0 aliphatic carbocycles. The number of aromatic nitrogens is 3. The van der Waals surface area contributed by atoms with E-state index in [0.717, 1.165) is 45.8 Å². The van der Waals surface area contributed by atoms with Crippen molar-refractivity contribution in [3.8, 4) is 17.0 Å². The van der Waals surface area contributed by atoms with Crippen LogP contribution in [0.5, 0.6) is 5.75 Å². The Morgan fingerprint density at radius 2 is 1.95 bits per heavy atom. The minimum absolute atomic E-state index is 0.202. The second-order valence-corrected chi connectivity index (χ2v) is 11.6. The predicted octanol–water partition coefficient (Wildman–Crippen LogP) is 6.37. The number of nitrogens with one attached hydrogen (secondary N) is 3. The zero-order chi connectivity index (χ0) is 27.9. The van der Waals surface area contributed by atoms with Crippen molar-refractivity contribution in [3.05, 3.63) is 60.5 Å². The van der Waals surface area contributed by atoms with Gasteiger partial charge in [-0.25, -0.2) is 14.6 Å². The van der Waals surface area contributed by atoms with Gasteiger partial charge < -0.3 is 19.3 Å². The number of hydrogen-bond donors (Lipinski definition) is 3. The van der Waals surface area contributed by atoms with E-state index >= 15 is 0 Å². The molecule has 40 heavy (non-hydrogen) atoms. The van der Waals surface area contributed by atoms with E-state index < -0.39 is 12.2 Å². The molecule has 206 valence electrons. The topological polar surface area (TPSA) is 132 Å². The summed E-state index contributed by atoms with van der Waals surface area (Å²) in [5.41, 5.74) is 3.09. The zero-order valence-corrected chi connectivity index (χ0v) is 23.0. The maximum atomic E-state index is 12.4. The van der Waals surface area contributed by atoms with Crippen LogP contribution < -0.4 is 20.7 Å². The summed E-state index contributed by atoms with van der Waals surface area (Å²) >= 11 is 1.50. The molecule has 0 bridgehead atoms. The standard InChI is InChI=1S/C28H28N6O5S/c1-28(2,3)22-14-23(33-39-22)32-25(35)30-17-8-6-16(7-9-17)19-15-34-20-11-10-18(13-21(20)40-26(34)31-19)37-27(36)38-24-5-4-12-29-24/h6-11,13-15,24,29H,4-5,12H2,1-3H3,(H2,30,32,33,35). The SMILES string of the molecule is CC(C)(C)c1cc(NC(=O)Nc2ccc(-c3cn4c(n3)sc3cc(OC(=O)OC5CCCN5)ccc34)cc2)no1. The van der Waals surface area contributed by atoms with Crippen molar-refractivity contribution in [1.29, 1.82) is 0 Å². The van der Waals surface area contributed by atoms with Crippen LogP contribution in [-0.2, 0) is 10.2 Å². The van der Waals surface area contributed by atoms with Crippen molar-refractivity contribution >= 4 is 50.2 Å².